The SMILES string of the molecule is C#CCC(C#CC)(C(=O)C(=O)[O-])c1ccccc1.[Na+]. The Kier molecular flexibility index (Phi) is 7.19. The summed E-state index contributed by atoms with van der Waals surface area (Å²) in [7, 11) is 0. The number of hydrogen-bond acceptors (Lipinski definition) is 3. The van der Waals surface area contributed by atoms with Gasteiger partial charge in [0.05, 0.1) is 0 Å². The molecular weight excluding hydrogens is 251 g/mol. The topological polar surface area (TPSA) is 57.2 Å². The van der Waals surface area contributed by atoms with E-state index in [2.05, 4.69) is 17.8 Å². The van der Waals surface area contributed by atoms with Gasteiger partial charge in [-0.25, -0.2) is 0 Å². The largest absolute Gasteiger partial charge is 1.00 e. The molecule has 3 nitrogen and oxygen atoms in total. The van der Waals surface area contributed by atoms with Gasteiger partial charge in [0.2, 0.25) is 5.78 Å². The van der Waals surface area contributed by atoms with E-state index < -0.39 is 17.2 Å². The number of carbonyl (C=O) groups excluding carboxylic acids is 2. The first kappa shape index (κ1) is 17.5. The van der Waals surface area contributed by atoms with Crippen molar-refractivity contribution >= 4 is 11.8 Å². The van der Waals surface area contributed by atoms with Crippen LogP contribution in [0.15, 0.2) is 30.3 Å². The summed E-state index contributed by atoms with van der Waals surface area (Å²) < 4.78 is 0. The second kappa shape index (κ2) is 7.81. The number of rotatable bonds is 4. The van der Waals surface area contributed by atoms with Crippen LogP contribution in [-0.4, -0.2) is 11.8 Å². The fourth-order valence-electron chi connectivity index (χ4n) is 1.75. The fraction of sp³-hybridized carbons (Fsp3) is 0.200. The van der Waals surface area contributed by atoms with Gasteiger partial charge in [-0.15, -0.1) is 18.3 Å². The molecule has 0 fully saturated rings. The number of aliphatic carboxylic acids is 1. The molecule has 0 saturated heterocycles. The molecule has 90 valence electrons. The van der Waals surface area contributed by atoms with E-state index in [9.17, 15) is 14.7 Å². The number of carbonyl (C=O) groups is 2. The Hall–Kier alpha value is -1.52. The van der Waals surface area contributed by atoms with Gasteiger partial charge in [0.1, 0.15) is 11.4 Å². The van der Waals surface area contributed by atoms with Crippen LogP contribution >= 0.6 is 0 Å². The first-order chi connectivity index (χ1) is 8.58. The molecule has 0 heterocycles. The number of carboxylic acid groups (broad SMARTS) is 1. The number of hydrogen-bond donors (Lipinski definition) is 0. The van der Waals surface area contributed by atoms with Crippen molar-refractivity contribution in [3.63, 3.8) is 0 Å². The van der Waals surface area contributed by atoms with Crippen molar-refractivity contribution in [1.82, 2.24) is 0 Å². The Morgan fingerprint density at radius 3 is 2.32 bits per heavy atom. The molecule has 0 amide bonds. The van der Waals surface area contributed by atoms with Crippen LogP contribution in [0.25, 0.3) is 0 Å². The van der Waals surface area contributed by atoms with Crippen molar-refractivity contribution in [2.24, 2.45) is 0 Å². The van der Waals surface area contributed by atoms with Crippen molar-refractivity contribution in [2.75, 3.05) is 0 Å². The van der Waals surface area contributed by atoms with E-state index in [1.54, 1.807) is 30.3 Å². The third kappa shape index (κ3) is 3.72. The van der Waals surface area contributed by atoms with Gasteiger partial charge in [0.25, 0.3) is 0 Å². The van der Waals surface area contributed by atoms with Crippen LogP contribution in [0, 0.1) is 24.2 Å². The van der Waals surface area contributed by atoms with Gasteiger partial charge in [0.15, 0.2) is 0 Å². The number of ketones is 1. The van der Waals surface area contributed by atoms with E-state index in [4.69, 9.17) is 6.42 Å². The summed E-state index contributed by atoms with van der Waals surface area (Å²) in [6.45, 7) is 1.52. The Bertz CT molecular complexity index is 561. The van der Waals surface area contributed by atoms with Gasteiger partial charge in [-0.1, -0.05) is 36.3 Å². The standard InChI is InChI=1S/C15H12O3.Na/c1-3-10-15(11-4-2,13(16)14(17)18)12-8-6-5-7-9-12;/h1,5-9H,10H2,2H3,(H,17,18);/q;+1/p-1. The van der Waals surface area contributed by atoms with E-state index in [-0.39, 0.29) is 36.0 Å². The van der Waals surface area contributed by atoms with E-state index in [0.717, 1.165) is 0 Å². The van der Waals surface area contributed by atoms with Crippen LogP contribution in [0.3, 0.4) is 0 Å². The number of carboxylic acids is 1. The number of benzene rings is 1. The molecular formula is C15H11NaO3. The van der Waals surface area contributed by atoms with Gasteiger partial charge in [-0.2, -0.15) is 0 Å². The Balaban J connectivity index is 0.00000324. The third-order valence-corrected chi connectivity index (χ3v) is 2.55. The molecule has 19 heavy (non-hydrogen) atoms. The predicted octanol–water partition coefficient (Wildman–Crippen LogP) is -2.71. The maximum atomic E-state index is 11.9. The average molecular weight is 262 g/mol. The minimum atomic E-state index is -1.78. The molecule has 0 N–H and O–H groups in total. The normalized spacial score (nSPS) is 11.8. The molecule has 0 aromatic heterocycles. The van der Waals surface area contributed by atoms with Crippen molar-refractivity contribution in [1.29, 1.82) is 0 Å². The van der Waals surface area contributed by atoms with E-state index >= 15 is 0 Å². The summed E-state index contributed by atoms with van der Waals surface area (Å²) in [4.78, 5) is 22.8. The van der Waals surface area contributed by atoms with Gasteiger partial charge >= 0.3 is 29.6 Å². The van der Waals surface area contributed by atoms with E-state index in [0.29, 0.717) is 5.56 Å². The van der Waals surface area contributed by atoms with Crippen molar-refractivity contribution in [3.05, 3.63) is 35.9 Å². The first-order valence-corrected chi connectivity index (χ1v) is 5.27. The maximum Gasteiger partial charge on any atom is 1.00 e. The maximum absolute atomic E-state index is 11.9. The molecule has 1 unspecified atom stereocenters. The van der Waals surface area contributed by atoms with Crippen LogP contribution in [0.4, 0.5) is 0 Å². The van der Waals surface area contributed by atoms with Crippen molar-refractivity contribution in [3.8, 4) is 24.2 Å². The fourth-order valence-corrected chi connectivity index (χ4v) is 1.75. The van der Waals surface area contributed by atoms with Crippen molar-refractivity contribution < 1.29 is 44.3 Å². The summed E-state index contributed by atoms with van der Waals surface area (Å²) in [6, 6.07) is 8.40. The molecule has 1 rings (SSSR count). The Morgan fingerprint density at radius 1 is 1.32 bits per heavy atom. The molecule has 0 bridgehead atoms. The minimum absolute atomic E-state index is 0. The molecule has 0 aliphatic carbocycles. The van der Waals surface area contributed by atoms with Crippen LogP contribution in [0.1, 0.15) is 18.9 Å². The summed E-state index contributed by atoms with van der Waals surface area (Å²) >= 11 is 0. The second-order valence-electron chi connectivity index (χ2n) is 3.64. The average Bonchev–Trinajstić information content (AvgIpc) is 2.38. The smallest absolute Gasteiger partial charge is 0.542 e. The number of Topliss-reactive ketones (excluding diaryl/α,β-unsaturated/α-hetero) is 1. The molecule has 1 aromatic rings. The van der Waals surface area contributed by atoms with Crippen LogP contribution in [0.5, 0.6) is 0 Å². The second-order valence-corrected chi connectivity index (χ2v) is 3.64. The van der Waals surface area contributed by atoms with E-state index in [1.807, 2.05) is 0 Å². The minimum Gasteiger partial charge on any atom is -0.542 e. The number of terminal acetylenes is 1. The molecule has 0 aliphatic heterocycles. The quantitative estimate of drug-likeness (QED) is 0.337. The van der Waals surface area contributed by atoms with Crippen LogP contribution in [-0.2, 0) is 15.0 Å². The van der Waals surface area contributed by atoms with Gasteiger partial charge in [-0.3, -0.25) is 4.79 Å². The molecule has 0 radical (unpaired) electrons. The molecule has 0 spiro atoms. The molecule has 1 aromatic carbocycles. The van der Waals surface area contributed by atoms with Gasteiger partial charge in [-0.05, 0) is 12.5 Å². The zero-order valence-corrected chi connectivity index (χ0v) is 12.9. The summed E-state index contributed by atoms with van der Waals surface area (Å²) in [6.07, 6.45) is 5.13. The molecule has 1 atom stereocenters. The van der Waals surface area contributed by atoms with Crippen LogP contribution < -0.4 is 34.7 Å². The molecule has 0 aliphatic rings. The molecule has 0 saturated carbocycles. The van der Waals surface area contributed by atoms with Gasteiger partial charge < -0.3 is 9.90 Å². The van der Waals surface area contributed by atoms with Crippen molar-refractivity contribution in [2.45, 2.75) is 18.8 Å². The Morgan fingerprint density at radius 2 is 1.89 bits per heavy atom. The summed E-state index contributed by atoms with van der Waals surface area (Å²) in [5.74, 6) is 4.62. The summed E-state index contributed by atoms with van der Waals surface area (Å²) in [5, 5.41) is 10.9. The van der Waals surface area contributed by atoms with E-state index in [1.165, 1.54) is 6.92 Å². The molecule has 4 heteroatoms. The van der Waals surface area contributed by atoms with Crippen LogP contribution in [0.2, 0.25) is 0 Å². The zero-order valence-electron chi connectivity index (χ0n) is 10.9. The monoisotopic (exact) mass is 262 g/mol. The van der Waals surface area contributed by atoms with Gasteiger partial charge in [0, 0.05) is 6.42 Å². The predicted molar refractivity (Wildman–Crippen MR) is 65.0 cm³/mol. The Labute approximate surface area is 134 Å². The zero-order chi connectivity index (χ0) is 13.6. The first-order valence-electron chi connectivity index (χ1n) is 5.27. The third-order valence-electron chi connectivity index (χ3n) is 2.55. The summed E-state index contributed by atoms with van der Waals surface area (Å²) in [5.41, 5.74) is -1.06.